The van der Waals surface area contributed by atoms with Gasteiger partial charge in [0, 0.05) is 5.69 Å². The zero-order valence-corrected chi connectivity index (χ0v) is 7.13. The second-order valence-corrected chi connectivity index (χ2v) is 3.06. The molecule has 1 aromatic heterocycles. The molecule has 1 heterocycles. The quantitative estimate of drug-likeness (QED) is 0.682. The van der Waals surface area contributed by atoms with Crippen LogP contribution in [-0.4, -0.2) is 5.16 Å². The standard InChI is InChI=1S/C7H5BrN2O/c8-5-1-2-6(9)4-3-10-11-7(4)5/h1-3H,9H2. The molecular formula is C7H5BrN2O. The van der Waals surface area contributed by atoms with Crippen LogP contribution >= 0.6 is 15.9 Å². The minimum absolute atomic E-state index is 0.685. The highest BCUT2D eigenvalue weighted by molar-refractivity contribution is 9.10. The van der Waals surface area contributed by atoms with Gasteiger partial charge in [-0.15, -0.1) is 0 Å². The van der Waals surface area contributed by atoms with E-state index in [0.717, 1.165) is 9.86 Å². The summed E-state index contributed by atoms with van der Waals surface area (Å²) in [7, 11) is 0. The summed E-state index contributed by atoms with van der Waals surface area (Å²) in [5.74, 6) is 0. The lowest BCUT2D eigenvalue weighted by Gasteiger charge is -1.93. The summed E-state index contributed by atoms with van der Waals surface area (Å²) in [5, 5.41) is 4.48. The van der Waals surface area contributed by atoms with E-state index in [4.69, 9.17) is 10.3 Å². The lowest BCUT2D eigenvalue weighted by Crippen LogP contribution is -1.83. The van der Waals surface area contributed by atoms with Crippen molar-refractivity contribution in [2.45, 2.75) is 0 Å². The molecule has 0 radical (unpaired) electrons. The van der Waals surface area contributed by atoms with Crippen molar-refractivity contribution >= 4 is 32.6 Å². The second-order valence-electron chi connectivity index (χ2n) is 2.21. The van der Waals surface area contributed by atoms with Crippen molar-refractivity contribution in [1.29, 1.82) is 0 Å². The number of nitrogens with two attached hydrogens (primary N) is 1. The Hall–Kier alpha value is -1.03. The Bertz CT molecular complexity index is 360. The molecule has 0 saturated heterocycles. The average Bonchev–Trinajstić information content (AvgIpc) is 2.45. The van der Waals surface area contributed by atoms with Crippen LogP contribution in [0.1, 0.15) is 0 Å². The molecule has 2 N–H and O–H groups in total. The van der Waals surface area contributed by atoms with E-state index in [1.165, 1.54) is 0 Å². The average molecular weight is 213 g/mol. The maximum absolute atomic E-state index is 5.65. The Morgan fingerprint density at radius 2 is 2.27 bits per heavy atom. The predicted octanol–water partition coefficient (Wildman–Crippen LogP) is 2.17. The minimum atomic E-state index is 0.685. The van der Waals surface area contributed by atoms with Gasteiger partial charge in [0.15, 0.2) is 5.58 Å². The predicted molar refractivity (Wildman–Crippen MR) is 46.1 cm³/mol. The first kappa shape index (κ1) is 6.67. The van der Waals surface area contributed by atoms with Crippen LogP contribution in [-0.2, 0) is 0 Å². The number of rotatable bonds is 0. The van der Waals surface area contributed by atoms with Gasteiger partial charge in [0.25, 0.3) is 0 Å². The molecule has 0 spiro atoms. The number of hydrogen-bond donors (Lipinski definition) is 1. The van der Waals surface area contributed by atoms with Crippen LogP contribution in [0.5, 0.6) is 0 Å². The third-order valence-electron chi connectivity index (χ3n) is 1.51. The summed E-state index contributed by atoms with van der Waals surface area (Å²) >= 11 is 3.32. The molecule has 0 bridgehead atoms. The lowest BCUT2D eigenvalue weighted by atomic mass is 10.2. The summed E-state index contributed by atoms with van der Waals surface area (Å²) < 4.78 is 5.83. The van der Waals surface area contributed by atoms with Gasteiger partial charge in [-0.25, -0.2) is 0 Å². The highest BCUT2D eigenvalue weighted by atomic mass is 79.9. The van der Waals surface area contributed by atoms with Crippen LogP contribution in [0.2, 0.25) is 0 Å². The molecule has 3 nitrogen and oxygen atoms in total. The zero-order valence-electron chi connectivity index (χ0n) is 5.54. The van der Waals surface area contributed by atoms with Crippen molar-refractivity contribution in [2.75, 3.05) is 5.73 Å². The maximum atomic E-state index is 5.65. The number of nitrogen functional groups attached to an aromatic ring is 1. The van der Waals surface area contributed by atoms with E-state index < -0.39 is 0 Å². The van der Waals surface area contributed by atoms with Gasteiger partial charge >= 0.3 is 0 Å². The number of benzene rings is 1. The molecule has 0 aliphatic rings. The monoisotopic (exact) mass is 212 g/mol. The first-order valence-corrected chi connectivity index (χ1v) is 3.86. The van der Waals surface area contributed by atoms with E-state index in [1.807, 2.05) is 12.1 Å². The Morgan fingerprint density at radius 1 is 1.45 bits per heavy atom. The van der Waals surface area contributed by atoms with E-state index >= 15 is 0 Å². The van der Waals surface area contributed by atoms with Gasteiger partial charge < -0.3 is 10.3 Å². The van der Waals surface area contributed by atoms with E-state index in [-0.39, 0.29) is 0 Å². The van der Waals surface area contributed by atoms with Crippen LogP contribution in [0, 0.1) is 0 Å². The Kier molecular flexibility index (Phi) is 1.35. The lowest BCUT2D eigenvalue weighted by molar-refractivity contribution is 0.455. The largest absolute Gasteiger partial charge is 0.398 e. The molecule has 0 amide bonds. The van der Waals surface area contributed by atoms with Crippen molar-refractivity contribution in [3.63, 3.8) is 0 Å². The fraction of sp³-hybridized carbons (Fsp3) is 0. The molecule has 56 valence electrons. The number of hydrogen-bond acceptors (Lipinski definition) is 3. The minimum Gasteiger partial charge on any atom is -0.398 e. The highest BCUT2D eigenvalue weighted by Crippen LogP contribution is 2.27. The van der Waals surface area contributed by atoms with Crippen molar-refractivity contribution in [3.05, 3.63) is 22.8 Å². The summed E-state index contributed by atoms with van der Waals surface area (Å²) in [6.45, 7) is 0. The zero-order chi connectivity index (χ0) is 7.84. The van der Waals surface area contributed by atoms with Crippen LogP contribution in [0.3, 0.4) is 0 Å². The molecule has 2 aromatic rings. The van der Waals surface area contributed by atoms with Crippen LogP contribution in [0.25, 0.3) is 11.0 Å². The summed E-state index contributed by atoms with van der Waals surface area (Å²) in [4.78, 5) is 0. The summed E-state index contributed by atoms with van der Waals surface area (Å²) in [6.07, 6.45) is 1.61. The Morgan fingerprint density at radius 3 is 3.00 bits per heavy atom. The fourth-order valence-corrected chi connectivity index (χ4v) is 1.36. The van der Waals surface area contributed by atoms with Gasteiger partial charge in [-0.3, -0.25) is 0 Å². The molecular weight excluding hydrogens is 208 g/mol. The van der Waals surface area contributed by atoms with Crippen molar-refractivity contribution in [1.82, 2.24) is 5.16 Å². The number of anilines is 1. The number of nitrogens with zero attached hydrogens (tertiary/aromatic N) is 1. The number of halogens is 1. The van der Waals surface area contributed by atoms with E-state index in [1.54, 1.807) is 6.20 Å². The third kappa shape index (κ3) is 0.903. The molecule has 11 heavy (non-hydrogen) atoms. The summed E-state index contributed by atoms with van der Waals surface area (Å²) in [6, 6.07) is 3.65. The van der Waals surface area contributed by atoms with E-state index in [9.17, 15) is 0 Å². The van der Waals surface area contributed by atoms with Gasteiger partial charge in [-0.05, 0) is 28.1 Å². The topological polar surface area (TPSA) is 52.0 Å². The first-order valence-electron chi connectivity index (χ1n) is 3.07. The second kappa shape index (κ2) is 2.23. The van der Waals surface area contributed by atoms with E-state index in [2.05, 4.69) is 21.1 Å². The highest BCUT2D eigenvalue weighted by Gasteiger charge is 2.04. The fourth-order valence-electron chi connectivity index (χ4n) is 0.946. The molecule has 4 heteroatoms. The molecule has 0 saturated carbocycles. The normalized spacial score (nSPS) is 10.6. The summed E-state index contributed by atoms with van der Waals surface area (Å²) in [5.41, 5.74) is 7.03. The smallest absolute Gasteiger partial charge is 0.183 e. The first-order chi connectivity index (χ1) is 5.29. The van der Waals surface area contributed by atoms with Gasteiger partial charge in [0.1, 0.15) is 0 Å². The van der Waals surface area contributed by atoms with Crippen molar-refractivity contribution in [3.8, 4) is 0 Å². The Labute approximate surface area is 71.3 Å². The third-order valence-corrected chi connectivity index (χ3v) is 2.13. The van der Waals surface area contributed by atoms with Crippen molar-refractivity contribution < 1.29 is 4.52 Å². The number of fused-ring (bicyclic) bond motifs is 1. The SMILES string of the molecule is Nc1ccc(Br)c2oncc12. The van der Waals surface area contributed by atoms with Gasteiger partial charge in [0.2, 0.25) is 0 Å². The number of aromatic nitrogens is 1. The molecule has 0 aliphatic carbocycles. The molecule has 0 fully saturated rings. The van der Waals surface area contributed by atoms with Crippen LogP contribution < -0.4 is 5.73 Å². The van der Waals surface area contributed by atoms with E-state index in [0.29, 0.717) is 11.3 Å². The van der Waals surface area contributed by atoms with Gasteiger partial charge in [-0.2, -0.15) is 0 Å². The molecule has 0 unspecified atom stereocenters. The van der Waals surface area contributed by atoms with Gasteiger partial charge in [0.05, 0.1) is 16.1 Å². The maximum Gasteiger partial charge on any atom is 0.183 e. The Balaban J connectivity index is 2.96. The van der Waals surface area contributed by atoms with Crippen molar-refractivity contribution in [2.24, 2.45) is 0 Å². The molecule has 0 atom stereocenters. The molecule has 0 aliphatic heterocycles. The van der Waals surface area contributed by atoms with Gasteiger partial charge in [-0.1, -0.05) is 5.16 Å². The van der Waals surface area contributed by atoms with Crippen LogP contribution in [0.4, 0.5) is 5.69 Å². The molecule has 1 aromatic carbocycles. The molecule has 2 rings (SSSR count). The van der Waals surface area contributed by atoms with Crippen LogP contribution in [0.15, 0.2) is 27.3 Å².